The van der Waals surface area contributed by atoms with Crippen LogP contribution in [-0.4, -0.2) is 35.4 Å². The lowest BCUT2D eigenvalue weighted by molar-refractivity contribution is 0.0697. The maximum absolute atomic E-state index is 11.0. The van der Waals surface area contributed by atoms with E-state index in [1.807, 2.05) is 0 Å². The van der Waals surface area contributed by atoms with Gasteiger partial charge in [-0.05, 0) is 37.0 Å². The van der Waals surface area contributed by atoms with E-state index in [1.54, 1.807) is 12.1 Å². The van der Waals surface area contributed by atoms with E-state index in [9.17, 15) is 9.90 Å². The summed E-state index contributed by atoms with van der Waals surface area (Å²) in [7, 11) is 0. The summed E-state index contributed by atoms with van der Waals surface area (Å²) >= 11 is 0. The van der Waals surface area contributed by atoms with Crippen molar-refractivity contribution in [2.45, 2.75) is 18.9 Å². The highest BCUT2D eigenvalue weighted by Gasteiger charge is 2.42. The standard InChI is InChI=1S/C14H18N2O3/c15-11-3-1-8(14(18)19)5-12(11)16-6-9-2-4-13(17)10(9)7-16/h1,3,5,9-10,13,17H,2,4,6-7,15H2,(H,18,19). The minimum atomic E-state index is -0.944. The molecule has 2 aliphatic rings. The van der Waals surface area contributed by atoms with Gasteiger partial charge in [-0.1, -0.05) is 0 Å². The molecule has 0 radical (unpaired) electrons. The molecule has 1 heterocycles. The van der Waals surface area contributed by atoms with Gasteiger partial charge < -0.3 is 20.8 Å². The molecule has 1 saturated carbocycles. The minimum absolute atomic E-state index is 0.223. The molecule has 0 bridgehead atoms. The zero-order valence-electron chi connectivity index (χ0n) is 10.6. The predicted molar refractivity (Wildman–Crippen MR) is 72.2 cm³/mol. The number of aromatic carboxylic acids is 1. The fourth-order valence-electron chi connectivity index (χ4n) is 3.38. The molecule has 3 unspecified atom stereocenters. The lowest BCUT2D eigenvalue weighted by Gasteiger charge is -2.22. The molecule has 0 amide bonds. The molecule has 0 spiro atoms. The number of nitrogens with two attached hydrogens (primary N) is 1. The Kier molecular flexibility index (Phi) is 2.86. The van der Waals surface area contributed by atoms with E-state index in [0.29, 0.717) is 17.5 Å². The van der Waals surface area contributed by atoms with Crippen molar-refractivity contribution in [3.63, 3.8) is 0 Å². The Balaban J connectivity index is 1.87. The van der Waals surface area contributed by atoms with Crippen molar-refractivity contribution < 1.29 is 15.0 Å². The molecule has 102 valence electrons. The first-order valence-electron chi connectivity index (χ1n) is 6.62. The van der Waals surface area contributed by atoms with Crippen LogP contribution < -0.4 is 10.6 Å². The Morgan fingerprint density at radius 3 is 2.79 bits per heavy atom. The number of aliphatic hydroxyl groups excluding tert-OH is 1. The van der Waals surface area contributed by atoms with Crippen molar-refractivity contribution in [3.8, 4) is 0 Å². The highest BCUT2D eigenvalue weighted by Crippen LogP contribution is 2.41. The summed E-state index contributed by atoms with van der Waals surface area (Å²) in [4.78, 5) is 13.1. The van der Waals surface area contributed by atoms with E-state index in [2.05, 4.69) is 4.90 Å². The molecule has 4 N–H and O–H groups in total. The zero-order valence-corrected chi connectivity index (χ0v) is 10.6. The molecule has 1 saturated heterocycles. The molecule has 1 aromatic carbocycles. The average molecular weight is 262 g/mol. The van der Waals surface area contributed by atoms with Crippen molar-refractivity contribution >= 4 is 17.3 Å². The number of rotatable bonds is 2. The Morgan fingerprint density at radius 1 is 1.32 bits per heavy atom. The number of carboxylic acid groups (broad SMARTS) is 1. The summed E-state index contributed by atoms with van der Waals surface area (Å²) in [5.74, 6) is -0.142. The Labute approximate surface area is 111 Å². The second-order valence-corrected chi connectivity index (χ2v) is 5.55. The molecule has 0 aromatic heterocycles. The largest absolute Gasteiger partial charge is 0.478 e. The smallest absolute Gasteiger partial charge is 0.335 e. The van der Waals surface area contributed by atoms with E-state index >= 15 is 0 Å². The molecule has 3 atom stereocenters. The monoisotopic (exact) mass is 262 g/mol. The maximum Gasteiger partial charge on any atom is 0.335 e. The first-order valence-corrected chi connectivity index (χ1v) is 6.62. The van der Waals surface area contributed by atoms with Gasteiger partial charge in [0.25, 0.3) is 0 Å². The van der Waals surface area contributed by atoms with Crippen LogP contribution in [0.1, 0.15) is 23.2 Å². The van der Waals surface area contributed by atoms with E-state index < -0.39 is 5.97 Å². The second kappa shape index (κ2) is 4.42. The van der Waals surface area contributed by atoms with Gasteiger partial charge in [0.2, 0.25) is 0 Å². The van der Waals surface area contributed by atoms with Crippen LogP contribution in [0.4, 0.5) is 11.4 Å². The SMILES string of the molecule is Nc1ccc(C(=O)O)cc1N1CC2CCC(O)C2C1. The third-order valence-corrected chi connectivity index (χ3v) is 4.44. The lowest BCUT2D eigenvalue weighted by Crippen LogP contribution is -2.25. The fraction of sp³-hybridized carbons (Fsp3) is 0.500. The van der Waals surface area contributed by atoms with Gasteiger partial charge in [-0.3, -0.25) is 0 Å². The number of carbonyl (C=O) groups is 1. The van der Waals surface area contributed by atoms with E-state index in [1.165, 1.54) is 6.07 Å². The van der Waals surface area contributed by atoms with Crippen LogP contribution in [-0.2, 0) is 0 Å². The van der Waals surface area contributed by atoms with Gasteiger partial charge in [-0.15, -0.1) is 0 Å². The normalized spacial score (nSPS) is 29.5. The van der Waals surface area contributed by atoms with E-state index in [0.717, 1.165) is 31.6 Å². The Hall–Kier alpha value is -1.75. The number of benzene rings is 1. The number of aliphatic hydroxyl groups is 1. The van der Waals surface area contributed by atoms with Crippen molar-refractivity contribution in [2.24, 2.45) is 11.8 Å². The van der Waals surface area contributed by atoms with Gasteiger partial charge in [0.15, 0.2) is 0 Å². The van der Waals surface area contributed by atoms with Crippen molar-refractivity contribution in [1.29, 1.82) is 0 Å². The molecular formula is C14H18N2O3. The predicted octanol–water partition coefficient (Wildman–Crippen LogP) is 1.17. The minimum Gasteiger partial charge on any atom is -0.478 e. The number of fused-ring (bicyclic) bond motifs is 1. The van der Waals surface area contributed by atoms with Crippen LogP contribution >= 0.6 is 0 Å². The van der Waals surface area contributed by atoms with Gasteiger partial charge in [-0.25, -0.2) is 4.79 Å². The van der Waals surface area contributed by atoms with Gasteiger partial charge in [-0.2, -0.15) is 0 Å². The molecule has 19 heavy (non-hydrogen) atoms. The summed E-state index contributed by atoms with van der Waals surface area (Å²) in [5.41, 5.74) is 7.58. The third-order valence-electron chi connectivity index (χ3n) is 4.44. The second-order valence-electron chi connectivity index (χ2n) is 5.55. The number of carboxylic acids is 1. The van der Waals surface area contributed by atoms with Gasteiger partial charge in [0, 0.05) is 19.0 Å². The molecule has 5 nitrogen and oxygen atoms in total. The highest BCUT2D eigenvalue weighted by molar-refractivity contribution is 5.90. The highest BCUT2D eigenvalue weighted by atomic mass is 16.4. The van der Waals surface area contributed by atoms with Crippen LogP contribution in [0.2, 0.25) is 0 Å². The van der Waals surface area contributed by atoms with Crippen LogP contribution in [0.3, 0.4) is 0 Å². The molecule has 1 aromatic rings. The number of nitrogens with zero attached hydrogens (tertiary/aromatic N) is 1. The molecule has 2 fully saturated rings. The van der Waals surface area contributed by atoms with E-state index in [-0.39, 0.29) is 11.7 Å². The molecule has 5 heteroatoms. The van der Waals surface area contributed by atoms with Crippen molar-refractivity contribution in [1.82, 2.24) is 0 Å². The molecule has 3 rings (SSSR count). The number of nitrogen functional groups attached to an aromatic ring is 1. The average Bonchev–Trinajstić information content (AvgIpc) is 2.92. The number of hydrogen-bond acceptors (Lipinski definition) is 4. The third kappa shape index (κ3) is 2.04. The Morgan fingerprint density at radius 2 is 2.11 bits per heavy atom. The lowest BCUT2D eigenvalue weighted by atomic mass is 10.00. The van der Waals surface area contributed by atoms with Crippen molar-refractivity contribution in [3.05, 3.63) is 23.8 Å². The number of hydrogen-bond donors (Lipinski definition) is 3. The zero-order chi connectivity index (χ0) is 13.6. The molecule has 1 aliphatic heterocycles. The summed E-state index contributed by atoms with van der Waals surface area (Å²) in [6.45, 7) is 1.62. The first-order chi connectivity index (χ1) is 9.06. The molecular weight excluding hydrogens is 244 g/mol. The fourth-order valence-corrected chi connectivity index (χ4v) is 3.38. The van der Waals surface area contributed by atoms with E-state index in [4.69, 9.17) is 10.8 Å². The summed E-state index contributed by atoms with van der Waals surface area (Å²) in [6, 6.07) is 4.79. The molecule has 1 aliphatic carbocycles. The van der Waals surface area contributed by atoms with Crippen molar-refractivity contribution in [2.75, 3.05) is 23.7 Å². The summed E-state index contributed by atoms with van der Waals surface area (Å²) in [6.07, 6.45) is 1.70. The Bertz CT molecular complexity index is 517. The summed E-state index contributed by atoms with van der Waals surface area (Å²) < 4.78 is 0. The van der Waals surface area contributed by atoms with Gasteiger partial charge >= 0.3 is 5.97 Å². The summed E-state index contributed by atoms with van der Waals surface area (Å²) in [5, 5.41) is 19.0. The van der Waals surface area contributed by atoms with Gasteiger partial charge in [0.1, 0.15) is 0 Å². The van der Waals surface area contributed by atoms with Crippen LogP contribution in [0.15, 0.2) is 18.2 Å². The topological polar surface area (TPSA) is 86.8 Å². The quantitative estimate of drug-likeness (QED) is 0.697. The number of anilines is 2. The van der Waals surface area contributed by atoms with Crippen LogP contribution in [0.5, 0.6) is 0 Å². The first kappa shape index (κ1) is 12.3. The maximum atomic E-state index is 11.0. The van der Waals surface area contributed by atoms with Gasteiger partial charge in [0.05, 0.1) is 23.0 Å². The van der Waals surface area contributed by atoms with Crippen LogP contribution in [0, 0.1) is 11.8 Å². The van der Waals surface area contributed by atoms with Crippen LogP contribution in [0.25, 0.3) is 0 Å².